The first-order chi connectivity index (χ1) is 9.04. The molecule has 2 nitrogen and oxygen atoms in total. The third kappa shape index (κ3) is 4.14. The fraction of sp³-hybridized carbons (Fsp3) is 0.0714. The van der Waals surface area contributed by atoms with Gasteiger partial charge in [0.15, 0.2) is 0 Å². The number of hydrogen-bond donors (Lipinski definition) is 1. The molecule has 0 unspecified atom stereocenters. The Kier molecular flexibility index (Phi) is 4.71. The molecule has 1 amide bonds. The minimum absolute atomic E-state index is 0.295. The first-order valence-corrected chi connectivity index (χ1v) is 7.12. The second kappa shape index (κ2) is 6.30. The van der Waals surface area contributed by atoms with Gasteiger partial charge in [-0.3, -0.25) is 4.79 Å². The van der Waals surface area contributed by atoms with Crippen molar-refractivity contribution < 1.29 is 9.18 Å². The van der Waals surface area contributed by atoms with Gasteiger partial charge in [0.1, 0.15) is 5.82 Å². The van der Waals surface area contributed by atoms with E-state index in [-0.39, 0.29) is 5.91 Å². The summed E-state index contributed by atoms with van der Waals surface area (Å²) in [6.07, 6.45) is 0. The van der Waals surface area contributed by atoms with Crippen molar-refractivity contribution in [3.05, 3.63) is 68.4 Å². The second-order valence-electron chi connectivity index (χ2n) is 3.97. The van der Waals surface area contributed by atoms with Crippen LogP contribution in [-0.2, 0) is 6.54 Å². The molecule has 0 atom stereocenters. The number of benzene rings is 2. The zero-order valence-electron chi connectivity index (χ0n) is 9.79. The minimum atomic E-state index is -0.442. The molecule has 0 fully saturated rings. The fourth-order valence-electron chi connectivity index (χ4n) is 1.57. The van der Waals surface area contributed by atoms with Crippen LogP contribution in [0.1, 0.15) is 15.9 Å². The molecule has 2 aromatic rings. The van der Waals surface area contributed by atoms with Gasteiger partial charge in [-0.2, -0.15) is 0 Å². The van der Waals surface area contributed by atoms with Crippen LogP contribution < -0.4 is 5.32 Å². The molecular weight excluding hydrogens is 377 g/mol. The molecule has 0 aromatic heterocycles. The molecule has 0 aliphatic carbocycles. The molecule has 2 rings (SSSR count). The van der Waals surface area contributed by atoms with Crippen molar-refractivity contribution in [2.45, 2.75) is 6.54 Å². The summed E-state index contributed by atoms with van der Waals surface area (Å²) < 4.78 is 14.7. The van der Waals surface area contributed by atoms with Gasteiger partial charge >= 0.3 is 0 Å². The highest BCUT2D eigenvalue weighted by molar-refractivity contribution is 9.10. The lowest BCUT2D eigenvalue weighted by Crippen LogP contribution is -2.22. The summed E-state index contributed by atoms with van der Waals surface area (Å²) >= 11 is 6.50. The smallest absolute Gasteiger partial charge is 0.251 e. The number of amides is 1. The van der Waals surface area contributed by atoms with Crippen LogP contribution in [0.15, 0.2) is 51.4 Å². The number of carbonyl (C=O) groups excluding carboxylic acids is 1. The number of hydrogen-bond acceptors (Lipinski definition) is 1. The lowest BCUT2D eigenvalue weighted by atomic mass is 10.2. The van der Waals surface area contributed by atoms with Gasteiger partial charge in [-0.05, 0) is 35.9 Å². The van der Waals surface area contributed by atoms with E-state index in [0.29, 0.717) is 16.6 Å². The summed E-state index contributed by atoms with van der Waals surface area (Å²) in [5.74, 6) is -0.744. The average Bonchev–Trinajstić information content (AvgIpc) is 2.36. The number of nitrogens with one attached hydrogen (secondary N) is 1. The molecule has 0 saturated carbocycles. The lowest BCUT2D eigenvalue weighted by molar-refractivity contribution is 0.0950. The molecule has 0 saturated heterocycles. The van der Waals surface area contributed by atoms with Crippen molar-refractivity contribution in [1.29, 1.82) is 0 Å². The van der Waals surface area contributed by atoms with Crippen LogP contribution in [0.2, 0.25) is 0 Å². The zero-order chi connectivity index (χ0) is 13.8. The molecule has 0 bridgehead atoms. The third-order valence-corrected chi connectivity index (χ3v) is 3.48. The van der Waals surface area contributed by atoms with Crippen LogP contribution >= 0.6 is 31.9 Å². The molecular formula is C14H10Br2FNO. The Morgan fingerprint density at radius 2 is 1.74 bits per heavy atom. The van der Waals surface area contributed by atoms with Gasteiger partial charge in [0.2, 0.25) is 0 Å². The molecule has 2 aromatic carbocycles. The lowest BCUT2D eigenvalue weighted by Gasteiger charge is -2.06. The van der Waals surface area contributed by atoms with E-state index in [0.717, 1.165) is 10.0 Å². The first kappa shape index (κ1) is 14.2. The molecule has 98 valence electrons. The summed E-state index contributed by atoms with van der Waals surface area (Å²) in [4.78, 5) is 11.9. The van der Waals surface area contributed by atoms with Crippen LogP contribution in [0, 0.1) is 5.82 Å². The van der Waals surface area contributed by atoms with Crippen LogP contribution in [0.25, 0.3) is 0 Å². The van der Waals surface area contributed by atoms with Crippen LogP contribution in [0.3, 0.4) is 0 Å². The van der Waals surface area contributed by atoms with Crippen molar-refractivity contribution in [2.24, 2.45) is 0 Å². The first-order valence-electron chi connectivity index (χ1n) is 5.53. The third-order valence-electron chi connectivity index (χ3n) is 2.49. The maximum Gasteiger partial charge on any atom is 0.251 e. The average molecular weight is 387 g/mol. The van der Waals surface area contributed by atoms with E-state index in [1.165, 1.54) is 12.1 Å². The molecule has 19 heavy (non-hydrogen) atoms. The Morgan fingerprint density at radius 3 is 2.37 bits per heavy atom. The molecule has 0 aliphatic heterocycles. The van der Waals surface area contributed by atoms with Gasteiger partial charge in [-0.15, -0.1) is 0 Å². The molecule has 0 aliphatic rings. The molecule has 5 heteroatoms. The summed E-state index contributed by atoms with van der Waals surface area (Å²) in [5, 5.41) is 2.75. The standard InChI is InChI=1S/C14H10Br2FNO/c15-11-3-1-9(2-4-11)8-18-14(19)10-5-12(16)7-13(17)6-10/h1-7H,8H2,(H,18,19). The largest absolute Gasteiger partial charge is 0.348 e. The van der Waals surface area contributed by atoms with Crippen molar-refractivity contribution in [1.82, 2.24) is 5.32 Å². The van der Waals surface area contributed by atoms with E-state index in [2.05, 4.69) is 37.2 Å². The van der Waals surface area contributed by atoms with Crippen LogP contribution in [0.5, 0.6) is 0 Å². The number of rotatable bonds is 3. The topological polar surface area (TPSA) is 29.1 Å². The second-order valence-corrected chi connectivity index (χ2v) is 5.80. The quantitative estimate of drug-likeness (QED) is 0.837. The van der Waals surface area contributed by atoms with Crippen molar-refractivity contribution >= 4 is 37.8 Å². The summed E-state index contributed by atoms with van der Waals surface area (Å²) in [6.45, 7) is 0.403. The molecule has 0 radical (unpaired) electrons. The maximum absolute atomic E-state index is 13.2. The van der Waals surface area contributed by atoms with Gasteiger partial charge in [0.05, 0.1) is 0 Å². The molecule has 0 heterocycles. The predicted octanol–water partition coefficient (Wildman–Crippen LogP) is 4.28. The fourth-order valence-corrected chi connectivity index (χ4v) is 2.30. The number of carbonyl (C=O) groups is 1. The van der Waals surface area contributed by atoms with Gasteiger partial charge in [-0.25, -0.2) is 4.39 Å². The van der Waals surface area contributed by atoms with E-state index < -0.39 is 5.82 Å². The van der Waals surface area contributed by atoms with Crippen molar-refractivity contribution in [2.75, 3.05) is 0 Å². The molecule has 1 N–H and O–H groups in total. The van der Waals surface area contributed by atoms with E-state index in [1.54, 1.807) is 6.07 Å². The van der Waals surface area contributed by atoms with Crippen LogP contribution in [0.4, 0.5) is 4.39 Å². The summed E-state index contributed by atoms with van der Waals surface area (Å²) in [5.41, 5.74) is 1.27. The Morgan fingerprint density at radius 1 is 1.05 bits per heavy atom. The SMILES string of the molecule is O=C(NCc1ccc(Br)cc1)c1cc(F)cc(Br)c1. The Bertz CT molecular complexity index is 579. The number of halogens is 3. The van der Waals surface area contributed by atoms with E-state index in [4.69, 9.17) is 0 Å². The van der Waals surface area contributed by atoms with Gasteiger partial charge in [0, 0.05) is 21.1 Å². The summed E-state index contributed by atoms with van der Waals surface area (Å²) in [7, 11) is 0. The highest BCUT2D eigenvalue weighted by Gasteiger charge is 2.08. The minimum Gasteiger partial charge on any atom is -0.348 e. The van der Waals surface area contributed by atoms with E-state index in [1.807, 2.05) is 24.3 Å². The summed E-state index contributed by atoms with van der Waals surface area (Å²) in [6, 6.07) is 11.7. The van der Waals surface area contributed by atoms with Gasteiger partial charge < -0.3 is 5.32 Å². The van der Waals surface area contributed by atoms with Crippen LogP contribution in [-0.4, -0.2) is 5.91 Å². The Hall–Kier alpha value is -1.20. The normalized spacial score (nSPS) is 10.3. The van der Waals surface area contributed by atoms with Crippen molar-refractivity contribution in [3.8, 4) is 0 Å². The van der Waals surface area contributed by atoms with Crippen molar-refractivity contribution in [3.63, 3.8) is 0 Å². The van der Waals surface area contributed by atoms with Gasteiger partial charge in [-0.1, -0.05) is 44.0 Å². The zero-order valence-corrected chi connectivity index (χ0v) is 13.0. The van der Waals surface area contributed by atoms with E-state index in [9.17, 15) is 9.18 Å². The Balaban J connectivity index is 2.03. The maximum atomic E-state index is 13.2. The highest BCUT2D eigenvalue weighted by atomic mass is 79.9. The van der Waals surface area contributed by atoms with Gasteiger partial charge in [0.25, 0.3) is 5.91 Å². The highest BCUT2D eigenvalue weighted by Crippen LogP contribution is 2.15. The van der Waals surface area contributed by atoms with E-state index >= 15 is 0 Å². The monoisotopic (exact) mass is 385 g/mol. The predicted molar refractivity (Wildman–Crippen MR) is 79.4 cm³/mol. The Labute approximate surface area is 127 Å². The molecule has 0 spiro atoms.